The third-order valence-corrected chi connectivity index (χ3v) is 5.59. The summed E-state index contributed by atoms with van der Waals surface area (Å²) in [5.41, 5.74) is 10.5. The molecular weight excluding hydrogens is 324 g/mol. The molecule has 0 aromatic carbocycles. The normalized spacial score (nSPS) is 37.6. The van der Waals surface area contributed by atoms with Crippen LogP contribution in [0.15, 0.2) is 0 Å². The molecule has 4 fully saturated rings. The van der Waals surface area contributed by atoms with Crippen LogP contribution >= 0.6 is 0 Å². The lowest BCUT2D eigenvalue weighted by atomic mass is 9.66. The molecule has 0 atom stereocenters. The molecule has 0 saturated heterocycles. The molecule has 25 heavy (non-hydrogen) atoms. The number of carbonyl (C=O) groups is 3. The molecule has 0 unspecified atom stereocenters. The lowest BCUT2D eigenvalue weighted by Crippen LogP contribution is -2.53. The fourth-order valence-electron chi connectivity index (χ4n) is 3.89. The van der Waals surface area contributed by atoms with Gasteiger partial charge in [0.2, 0.25) is 0 Å². The van der Waals surface area contributed by atoms with Gasteiger partial charge in [-0.3, -0.25) is 9.59 Å². The van der Waals surface area contributed by atoms with Gasteiger partial charge in [-0.05, 0) is 58.3 Å². The molecule has 0 spiro atoms. The second kappa shape index (κ2) is 9.29. The van der Waals surface area contributed by atoms with Gasteiger partial charge < -0.3 is 26.5 Å². The summed E-state index contributed by atoms with van der Waals surface area (Å²) in [6.45, 7) is 7.81. The van der Waals surface area contributed by atoms with Gasteiger partial charge in [-0.1, -0.05) is 13.8 Å². The first-order chi connectivity index (χ1) is 11.6. The molecule has 146 valence electrons. The Morgan fingerprint density at radius 3 is 1.64 bits per heavy atom. The Bertz CT molecular complexity index is 452. The Balaban J connectivity index is 0.000000385. The summed E-state index contributed by atoms with van der Waals surface area (Å²) < 4.78 is 0. The molecule has 7 nitrogen and oxygen atoms in total. The van der Waals surface area contributed by atoms with E-state index >= 15 is 0 Å². The van der Waals surface area contributed by atoms with Gasteiger partial charge in [0.25, 0.3) is 0 Å². The average Bonchev–Trinajstić information content (AvgIpc) is 3.10. The van der Waals surface area contributed by atoms with E-state index in [-0.39, 0.29) is 11.6 Å². The van der Waals surface area contributed by atoms with E-state index in [1.807, 2.05) is 20.6 Å². The van der Waals surface area contributed by atoms with E-state index in [0.29, 0.717) is 12.8 Å². The number of hydrogen-bond donors (Lipinski definition) is 4. The minimum Gasteiger partial charge on any atom is -0.481 e. The molecule has 0 radical (unpaired) electrons. The fourth-order valence-corrected chi connectivity index (χ4v) is 3.89. The number of aliphatic carboxylic acids is 2. The first-order valence-electron chi connectivity index (χ1n) is 8.91. The summed E-state index contributed by atoms with van der Waals surface area (Å²) in [5, 5.41) is 17.6. The van der Waals surface area contributed by atoms with E-state index in [0.717, 1.165) is 38.5 Å². The second-order valence-electron chi connectivity index (χ2n) is 7.50. The molecule has 2 bridgehead atoms. The maximum Gasteiger partial charge on any atom is 0.309 e. The summed E-state index contributed by atoms with van der Waals surface area (Å²) in [6, 6.07) is 0.224. The molecule has 0 amide bonds. The molecule has 7 heteroatoms. The van der Waals surface area contributed by atoms with Crippen molar-refractivity contribution in [2.75, 3.05) is 0 Å². The highest BCUT2D eigenvalue weighted by Crippen LogP contribution is 2.60. The standard InChI is InChI=1S/C8H15NO2.C7H11NO2.C2H6.CH2O/c1-8(7(10)11)4-2-6(9)3-5-8;8-7-2-1-6(3-7,4-7)5(9)10;2*1-2/h6H,2-5,9H2,1H3,(H,10,11);1-4,8H2,(H,9,10);1-2H3;1H2. The predicted octanol–water partition coefficient (Wildman–Crippen LogP) is 2.16. The van der Waals surface area contributed by atoms with Crippen molar-refractivity contribution in [1.29, 1.82) is 0 Å². The van der Waals surface area contributed by atoms with Crippen molar-refractivity contribution in [3.63, 3.8) is 0 Å². The minimum absolute atomic E-state index is 0.0988. The zero-order valence-electron chi connectivity index (χ0n) is 15.7. The third kappa shape index (κ3) is 5.51. The number of rotatable bonds is 2. The maximum absolute atomic E-state index is 10.7. The summed E-state index contributed by atoms with van der Waals surface area (Å²) in [4.78, 5) is 29.4. The van der Waals surface area contributed by atoms with Crippen LogP contribution in [0.4, 0.5) is 0 Å². The molecule has 0 aromatic rings. The topological polar surface area (TPSA) is 144 Å². The highest BCUT2D eigenvalue weighted by Gasteiger charge is 2.62. The number of carboxylic acids is 2. The van der Waals surface area contributed by atoms with Gasteiger partial charge in [0.15, 0.2) is 0 Å². The van der Waals surface area contributed by atoms with Crippen molar-refractivity contribution in [3.05, 3.63) is 0 Å². The zero-order chi connectivity index (χ0) is 19.9. The maximum atomic E-state index is 10.7. The Labute approximate surface area is 150 Å². The molecular formula is C18H34N2O5. The van der Waals surface area contributed by atoms with E-state index in [9.17, 15) is 9.59 Å². The van der Waals surface area contributed by atoms with Crippen LogP contribution in [0, 0.1) is 10.8 Å². The highest BCUT2D eigenvalue weighted by atomic mass is 16.4. The third-order valence-electron chi connectivity index (χ3n) is 5.59. The van der Waals surface area contributed by atoms with Crippen LogP contribution in [0.2, 0.25) is 0 Å². The Morgan fingerprint density at radius 1 is 0.960 bits per heavy atom. The molecule has 0 heterocycles. The Hall–Kier alpha value is -1.47. The van der Waals surface area contributed by atoms with Crippen molar-refractivity contribution in [2.24, 2.45) is 22.3 Å². The van der Waals surface area contributed by atoms with Gasteiger partial charge in [0, 0.05) is 11.6 Å². The minimum atomic E-state index is -0.676. The lowest BCUT2D eigenvalue weighted by molar-refractivity contribution is -0.154. The van der Waals surface area contributed by atoms with Gasteiger partial charge in [-0.2, -0.15) is 0 Å². The Kier molecular flexibility index (Phi) is 8.74. The van der Waals surface area contributed by atoms with E-state index in [1.54, 1.807) is 6.92 Å². The highest BCUT2D eigenvalue weighted by molar-refractivity contribution is 5.77. The van der Waals surface area contributed by atoms with Gasteiger partial charge >= 0.3 is 11.9 Å². The van der Waals surface area contributed by atoms with Gasteiger partial charge in [-0.15, -0.1) is 0 Å². The van der Waals surface area contributed by atoms with Crippen LogP contribution in [-0.4, -0.2) is 40.5 Å². The summed E-state index contributed by atoms with van der Waals surface area (Å²) >= 11 is 0. The molecule has 0 aromatic heterocycles. The first-order valence-corrected chi connectivity index (χ1v) is 8.91. The van der Waals surface area contributed by atoms with E-state index in [1.165, 1.54) is 0 Å². The van der Waals surface area contributed by atoms with Crippen molar-refractivity contribution in [1.82, 2.24) is 0 Å². The largest absolute Gasteiger partial charge is 0.481 e. The second-order valence-corrected chi connectivity index (χ2v) is 7.50. The van der Waals surface area contributed by atoms with Gasteiger partial charge in [0.05, 0.1) is 10.8 Å². The number of carboxylic acid groups (broad SMARTS) is 2. The van der Waals surface area contributed by atoms with Gasteiger partial charge in [-0.25, -0.2) is 0 Å². The zero-order valence-corrected chi connectivity index (χ0v) is 15.7. The molecule has 4 aliphatic carbocycles. The van der Waals surface area contributed by atoms with Crippen molar-refractivity contribution >= 4 is 18.7 Å². The number of hydrogen-bond acceptors (Lipinski definition) is 5. The van der Waals surface area contributed by atoms with Crippen LogP contribution in [0.25, 0.3) is 0 Å². The molecule has 4 rings (SSSR count). The van der Waals surface area contributed by atoms with Crippen LogP contribution < -0.4 is 11.5 Å². The Morgan fingerprint density at radius 2 is 1.40 bits per heavy atom. The number of fused-ring (bicyclic) bond motifs is 1. The van der Waals surface area contributed by atoms with Crippen LogP contribution in [-0.2, 0) is 14.4 Å². The average molecular weight is 358 g/mol. The van der Waals surface area contributed by atoms with Crippen LogP contribution in [0.3, 0.4) is 0 Å². The van der Waals surface area contributed by atoms with Crippen molar-refractivity contribution in [2.45, 2.75) is 83.7 Å². The smallest absolute Gasteiger partial charge is 0.309 e. The predicted molar refractivity (Wildman–Crippen MR) is 96.1 cm³/mol. The quantitative estimate of drug-likeness (QED) is 0.592. The monoisotopic (exact) mass is 358 g/mol. The SMILES string of the molecule is C=O.CC.CC1(C(=O)O)CCC(N)CC1.NC12CCC(C(=O)O)(C1)C2. The number of nitrogens with two attached hydrogens (primary N) is 2. The molecule has 4 saturated carbocycles. The summed E-state index contributed by atoms with van der Waals surface area (Å²) in [5.74, 6) is -1.32. The molecule has 4 aliphatic rings. The van der Waals surface area contributed by atoms with Crippen LogP contribution in [0.1, 0.15) is 72.1 Å². The van der Waals surface area contributed by atoms with E-state index < -0.39 is 22.8 Å². The fraction of sp³-hybridized carbons (Fsp3) is 0.833. The summed E-state index contributed by atoms with van der Waals surface area (Å²) in [6.07, 6.45) is 6.25. The lowest BCUT2D eigenvalue weighted by Gasteiger charge is -2.41. The molecule has 6 N–H and O–H groups in total. The van der Waals surface area contributed by atoms with E-state index in [4.69, 9.17) is 26.5 Å². The van der Waals surface area contributed by atoms with E-state index in [2.05, 4.69) is 0 Å². The summed E-state index contributed by atoms with van der Waals surface area (Å²) in [7, 11) is 0. The number of carbonyl (C=O) groups excluding carboxylic acids is 1. The van der Waals surface area contributed by atoms with Crippen molar-refractivity contribution < 1.29 is 24.6 Å². The first kappa shape index (κ1) is 23.5. The van der Waals surface area contributed by atoms with Crippen LogP contribution in [0.5, 0.6) is 0 Å². The van der Waals surface area contributed by atoms with Gasteiger partial charge in [0.1, 0.15) is 6.79 Å². The van der Waals surface area contributed by atoms with Crippen molar-refractivity contribution in [3.8, 4) is 0 Å². The molecule has 0 aliphatic heterocycles.